The van der Waals surface area contributed by atoms with E-state index in [4.69, 9.17) is 9.47 Å². The van der Waals surface area contributed by atoms with Gasteiger partial charge in [0.15, 0.2) is 11.6 Å². The van der Waals surface area contributed by atoms with Crippen LogP contribution in [0.4, 0.5) is 8.78 Å². The number of benzene rings is 1. The highest BCUT2D eigenvalue weighted by Crippen LogP contribution is 2.40. The van der Waals surface area contributed by atoms with Crippen LogP contribution in [-0.4, -0.2) is 25.4 Å². The molecule has 3 rings (SSSR count). The molecule has 0 atom stereocenters. The molecule has 2 aliphatic carbocycles. The first-order valence-corrected chi connectivity index (χ1v) is 11.3. The number of hydrogen-bond donors (Lipinski definition) is 0. The number of unbranched alkanes of at least 4 members (excludes halogenated alkanes) is 1. The van der Waals surface area contributed by atoms with Gasteiger partial charge in [0, 0.05) is 13.2 Å². The number of ether oxygens (including phenoxy) is 2. The van der Waals surface area contributed by atoms with Gasteiger partial charge in [-0.25, -0.2) is 8.78 Å². The third kappa shape index (κ3) is 5.33. The van der Waals surface area contributed by atoms with E-state index in [-0.39, 0.29) is 24.0 Å². The van der Waals surface area contributed by atoms with E-state index in [2.05, 4.69) is 6.92 Å². The molecule has 1 aromatic carbocycles. The van der Waals surface area contributed by atoms with Crippen LogP contribution in [-0.2, 0) is 9.47 Å². The first kappa shape index (κ1) is 21.7. The summed E-state index contributed by atoms with van der Waals surface area (Å²) < 4.78 is 41.4. The van der Waals surface area contributed by atoms with Crippen LogP contribution in [0.2, 0.25) is 0 Å². The van der Waals surface area contributed by atoms with Crippen LogP contribution in [0.3, 0.4) is 0 Å². The molecule has 4 heteroatoms. The predicted molar refractivity (Wildman–Crippen MR) is 109 cm³/mol. The molecule has 158 valence electrons. The Labute approximate surface area is 169 Å². The van der Waals surface area contributed by atoms with Crippen LogP contribution in [0.15, 0.2) is 12.1 Å². The largest absolute Gasteiger partial charge is 0.379 e. The number of hydrogen-bond acceptors (Lipinski definition) is 2. The van der Waals surface area contributed by atoms with Gasteiger partial charge < -0.3 is 9.47 Å². The van der Waals surface area contributed by atoms with E-state index in [1.54, 1.807) is 0 Å². The minimum atomic E-state index is -0.612. The number of halogens is 2. The van der Waals surface area contributed by atoms with Gasteiger partial charge in [0.25, 0.3) is 0 Å². The molecule has 2 fully saturated rings. The molecule has 0 amide bonds. The minimum absolute atomic E-state index is 0.114. The summed E-state index contributed by atoms with van der Waals surface area (Å²) in [5.41, 5.74) is 1.13. The Kier molecular flexibility index (Phi) is 8.28. The van der Waals surface area contributed by atoms with Gasteiger partial charge in [-0.3, -0.25) is 0 Å². The van der Waals surface area contributed by atoms with Crippen LogP contribution in [0.1, 0.15) is 101 Å². The summed E-state index contributed by atoms with van der Waals surface area (Å²) in [6.07, 6.45) is 10.1. The lowest BCUT2D eigenvalue weighted by molar-refractivity contribution is 0.0229. The summed E-state index contributed by atoms with van der Waals surface area (Å²) >= 11 is 0. The first-order valence-electron chi connectivity index (χ1n) is 11.3. The summed E-state index contributed by atoms with van der Waals surface area (Å²) in [6.45, 7) is 5.70. The molecule has 0 spiro atoms. The SMILES string of the molecule is CCCCOC1CCC(c2ccc(C3CCC(OCC)CC3)c(F)c2F)CC1. The van der Waals surface area contributed by atoms with Gasteiger partial charge >= 0.3 is 0 Å². The maximum absolute atomic E-state index is 14.9. The molecule has 0 saturated heterocycles. The van der Waals surface area contributed by atoms with E-state index in [0.717, 1.165) is 77.4 Å². The lowest BCUT2D eigenvalue weighted by Gasteiger charge is -2.31. The van der Waals surface area contributed by atoms with Crippen LogP contribution in [0.25, 0.3) is 0 Å². The van der Waals surface area contributed by atoms with E-state index in [0.29, 0.717) is 11.1 Å². The summed E-state index contributed by atoms with van der Waals surface area (Å²) in [5.74, 6) is -0.996. The maximum atomic E-state index is 14.9. The van der Waals surface area contributed by atoms with Crippen LogP contribution in [0.5, 0.6) is 0 Å². The highest BCUT2D eigenvalue weighted by molar-refractivity contribution is 5.32. The maximum Gasteiger partial charge on any atom is 0.162 e. The second-order valence-electron chi connectivity index (χ2n) is 8.50. The topological polar surface area (TPSA) is 18.5 Å². The zero-order valence-corrected chi connectivity index (χ0v) is 17.5. The van der Waals surface area contributed by atoms with Crippen LogP contribution in [0, 0.1) is 11.6 Å². The van der Waals surface area contributed by atoms with Crippen LogP contribution < -0.4 is 0 Å². The van der Waals surface area contributed by atoms with Crippen molar-refractivity contribution >= 4 is 0 Å². The number of rotatable bonds is 8. The van der Waals surface area contributed by atoms with Gasteiger partial charge in [-0.1, -0.05) is 25.5 Å². The van der Waals surface area contributed by atoms with Crippen molar-refractivity contribution in [2.24, 2.45) is 0 Å². The lowest BCUT2D eigenvalue weighted by Crippen LogP contribution is -2.23. The standard InChI is InChI=1S/C24H36F2O2/c1-3-5-16-28-20-12-8-18(9-13-20)22-15-14-21(23(25)24(22)26)17-6-10-19(11-7-17)27-4-2/h14-15,17-20H,3-13,16H2,1-2H3. The van der Waals surface area contributed by atoms with E-state index in [1.807, 2.05) is 19.1 Å². The highest BCUT2D eigenvalue weighted by atomic mass is 19.2. The second kappa shape index (κ2) is 10.7. The normalized spacial score (nSPS) is 28.4. The van der Waals surface area contributed by atoms with E-state index < -0.39 is 11.6 Å². The Balaban J connectivity index is 1.59. The fourth-order valence-corrected chi connectivity index (χ4v) is 4.92. The van der Waals surface area contributed by atoms with Crippen molar-refractivity contribution in [1.29, 1.82) is 0 Å². The molecular formula is C24H36F2O2. The Bertz CT molecular complexity index is 603. The van der Waals surface area contributed by atoms with Crippen molar-refractivity contribution in [3.63, 3.8) is 0 Å². The molecule has 2 aliphatic rings. The highest BCUT2D eigenvalue weighted by Gasteiger charge is 2.29. The van der Waals surface area contributed by atoms with E-state index in [1.165, 1.54) is 0 Å². The van der Waals surface area contributed by atoms with Crippen molar-refractivity contribution in [2.45, 2.75) is 102 Å². The quantitative estimate of drug-likeness (QED) is 0.448. The summed E-state index contributed by atoms with van der Waals surface area (Å²) in [6, 6.07) is 3.70. The molecule has 0 aliphatic heterocycles. The van der Waals surface area contributed by atoms with Crippen LogP contribution >= 0.6 is 0 Å². The third-order valence-electron chi connectivity index (χ3n) is 6.62. The van der Waals surface area contributed by atoms with Gasteiger partial charge in [-0.15, -0.1) is 0 Å². The molecule has 0 N–H and O–H groups in total. The van der Waals surface area contributed by atoms with Crippen molar-refractivity contribution in [3.05, 3.63) is 34.9 Å². The molecule has 0 bridgehead atoms. The predicted octanol–water partition coefficient (Wildman–Crippen LogP) is 6.87. The molecule has 2 nitrogen and oxygen atoms in total. The third-order valence-corrected chi connectivity index (χ3v) is 6.62. The van der Waals surface area contributed by atoms with Gasteiger partial charge in [-0.2, -0.15) is 0 Å². The van der Waals surface area contributed by atoms with Gasteiger partial charge in [-0.05, 0) is 87.7 Å². The molecule has 1 aromatic rings. The Hall–Kier alpha value is -1.00. The minimum Gasteiger partial charge on any atom is -0.379 e. The molecule has 0 radical (unpaired) electrons. The van der Waals surface area contributed by atoms with Gasteiger partial charge in [0.05, 0.1) is 12.2 Å². The lowest BCUT2D eigenvalue weighted by atomic mass is 9.79. The van der Waals surface area contributed by atoms with E-state index >= 15 is 0 Å². The average molecular weight is 395 g/mol. The van der Waals surface area contributed by atoms with Gasteiger partial charge in [0.1, 0.15) is 0 Å². The van der Waals surface area contributed by atoms with Crippen molar-refractivity contribution in [2.75, 3.05) is 13.2 Å². The molecule has 0 heterocycles. The second-order valence-corrected chi connectivity index (χ2v) is 8.50. The molecule has 0 unspecified atom stereocenters. The summed E-state index contributed by atoms with van der Waals surface area (Å²) in [7, 11) is 0. The molecular weight excluding hydrogens is 358 g/mol. The zero-order valence-electron chi connectivity index (χ0n) is 17.5. The Morgan fingerprint density at radius 1 is 0.750 bits per heavy atom. The monoisotopic (exact) mass is 394 g/mol. The fourth-order valence-electron chi connectivity index (χ4n) is 4.92. The molecule has 28 heavy (non-hydrogen) atoms. The zero-order chi connectivity index (χ0) is 19.9. The van der Waals surface area contributed by atoms with Crippen molar-refractivity contribution < 1.29 is 18.3 Å². The molecule has 0 aromatic heterocycles. The smallest absolute Gasteiger partial charge is 0.162 e. The van der Waals surface area contributed by atoms with Crippen molar-refractivity contribution in [3.8, 4) is 0 Å². The van der Waals surface area contributed by atoms with Crippen molar-refractivity contribution in [1.82, 2.24) is 0 Å². The van der Waals surface area contributed by atoms with Gasteiger partial charge in [0.2, 0.25) is 0 Å². The molecule has 2 saturated carbocycles. The fraction of sp³-hybridized carbons (Fsp3) is 0.750. The summed E-state index contributed by atoms with van der Waals surface area (Å²) in [5, 5.41) is 0. The average Bonchev–Trinajstić information content (AvgIpc) is 2.72. The Morgan fingerprint density at radius 2 is 1.21 bits per heavy atom. The Morgan fingerprint density at radius 3 is 1.64 bits per heavy atom. The van der Waals surface area contributed by atoms with E-state index in [9.17, 15) is 8.78 Å². The summed E-state index contributed by atoms with van der Waals surface area (Å²) in [4.78, 5) is 0. The first-order chi connectivity index (χ1) is 13.6.